The maximum atomic E-state index is 11.3. The van der Waals surface area contributed by atoms with Crippen molar-refractivity contribution in [3.8, 4) is 12.3 Å². The van der Waals surface area contributed by atoms with E-state index >= 15 is 0 Å². The third-order valence-electron chi connectivity index (χ3n) is 2.24. The van der Waals surface area contributed by atoms with E-state index in [4.69, 9.17) is 11.5 Å². The van der Waals surface area contributed by atoms with Gasteiger partial charge in [0.2, 0.25) is 5.91 Å². The molecule has 14 heavy (non-hydrogen) atoms. The molecule has 0 bridgehead atoms. The minimum absolute atomic E-state index is 0.158. The molecule has 1 fully saturated rings. The van der Waals surface area contributed by atoms with E-state index in [9.17, 15) is 9.59 Å². The van der Waals surface area contributed by atoms with Gasteiger partial charge in [-0.2, -0.15) is 0 Å². The summed E-state index contributed by atoms with van der Waals surface area (Å²) in [6, 6.07) is 0. The van der Waals surface area contributed by atoms with E-state index in [1.807, 2.05) is 0 Å². The normalized spacial score (nSPS) is 23.6. The molecule has 1 saturated carbocycles. The minimum Gasteiger partial charge on any atom is -0.481 e. The summed E-state index contributed by atoms with van der Waals surface area (Å²) >= 11 is 0. The number of aliphatic carboxylic acids is 1. The quantitative estimate of drug-likeness (QED) is 0.487. The van der Waals surface area contributed by atoms with Crippen LogP contribution in [0.4, 0.5) is 0 Å². The molecular weight excluding hydrogens is 182 g/mol. The Morgan fingerprint density at radius 2 is 2.21 bits per heavy atom. The zero-order chi connectivity index (χ0) is 10.6. The van der Waals surface area contributed by atoms with Gasteiger partial charge in [0.1, 0.15) is 0 Å². The summed E-state index contributed by atoms with van der Waals surface area (Å²) in [5.41, 5.74) is 0. The van der Waals surface area contributed by atoms with Crippen molar-refractivity contribution in [2.24, 2.45) is 11.8 Å². The van der Waals surface area contributed by atoms with Gasteiger partial charge in [0.15, 0.2) is 0 Å². The highest BCUT2D eigenvalue weighted by Gasteiger charge is 2.48. The lowest BCUT2D eigenvalue weighted by atomic mass is 10.3. The molecule has 1 aliphatic carbocycles. The fraction of sp³-hybridized carbons (Fsp3) is 0.600. The number of hydrogen-bond acceptors (Lipinski definition) is 2. The molecule has 0 spiro atoms. The van der Waals surface area contributed by atoms with Gasteiger partial charge >= 0.3 is 5.97 Å². The number of terminal acetylenes is 1. The molecule has 1 aliphatic rings. The average Bonchev–Trinajstić information content (AvgIpc) is 2.91. The third-order valence-corrected chi connectivity index (χ3v) is 2.24. The van der Waals surface area contributed by atoms with Crippen molar-refractivity contribution in [1.29, 1.82) is 0 Å². The Morgan fingerprint density at radius 1 is 1.50 bits per heavy atom. The molecule has 0 aromatic rings. The standard InChI is InChI=1S/C10H13NO3/c1-2-3-4-5-11-9(12)7-6-8(7)10(13)14/h1,7-8H,3-6H2,(H,11,12)(H,13,14)/t7-,8+/m1/s1. The summed E-state index contributed by atoms with van der Waals surface area (Å²) < 4.78 is 0. The monoisotopic (exact) mass is 195 g/mol. The number of carbonyl (C=O) groups is 2. The highest BCUT2D eigenvalue weighted by molar-refractivity contribution is 5.89. The Hall–Kier alpha value is -1.50. The highest BCUT2D eigenvalue weighted by atomic mass is 16.4. The van der Waals surface area contributed by atoms with E-state index in [0.717, 1.165) is 6.42 Å². The molecule has 0 aromatic carbocycles. The number of unbranched alkanes of at least 4 members (excludes halogenated alkanes) is 1. The van der Waals surface area contributed by atoms with Crippen LogP contribution in [0.15, 0.2) is 0 Å². The van der Waals surface area contributed by atoms with E-state index in [0.29, 0.717) is 19.4 Å². The lowest BCUT2D eigenvalue weighted by molar-refractivity contribution is -0.140. The Labute approximate surface area is 82.7 Å². The van der Waals surface area contributed by atoms with Crippen LogP contribution in [0.3, 0.4) is 0 Å². The maximum Gasteiger partial charge on any atom is 0.307 e. The zero-order valence-corrected chi connectivity index (χ0v) is 7.82. The predicted molar refractivity (Wildman–Crippen MR) is 50.3 cm³/mol. The van der Waals surface area contributed by atoms with Gasteiger partial charge in [-0.1, -0.05) is 0 Å². The van der Waals surface area contributed by atoms with Gasteiger partial charge in [0, 0.05) is 13.0 Å². The van der Waals surface area contributed by atoms with Gasteiger partial charge in [-0.3, -0.25) is 9.59 Å². The van der Waals surface area contributed by atoms with Crippen LogP contribution >= 0.6 is 0 Å². The lowest BCUT2D eigenvalue weighted by Crippen LogP contribution is -2.27. The largest absolute Gasteiger partial charge is 0.481 e. The van der Waals surface area contributed by atoms with E-state index < -0.39 is 11.9 Å². The summed E-state index contributed by atoms with van der Waals surface area (Å²) in [6.45, 7) is 0.534. The summed E-state index contributed by atoms with van der Waals surface area (Å²) in [6.07, 6.45) is 6.88. The second kappa shape index (κ2) is 4.66. The number of nitrogens with one attached hydrogen (secondary N) is 1. The topological polar surface area (TPSA) is 66.4 Å². The van der Waals surface area contributed by atoms with Crippen LogP contribution < -0.4 is 5.32 Å². The van der Waals surface area contributed by atoms with Crippen LogP contribution in [-0.2, 0) is 9.59 Å². The number of hydrogen-bond donors (Lipinski definition) is 2. The molecule has 2 N–H and O–H groups in total. The first-order valence-corrected chi connectivity index (χ1v) is 4.60. The molecule has 0 radical (unpaired) electrons. The Balaban J connectivity index is 2.13. The van der Waals surface area contributed by atoms with Crippen LogP contribution in [0.2, 0.25) is 0 Å². The molecular formula is C10H13NO3. The molecule has 0 aromatic heterocycles. The number of carboxylic acids is 1. The van der Waals surface area contributed by atoms with Crippen molar-refractivity contribution in [2.75, 3.05) is 6.54 Å². The minimum atomic E-state index is -0.881. The van der Waals surface area contributed by atoms with E-state index in [1.165, 1.54) is 0 Å². The molecule has 0 heterocycles. The lowest BCUT2D eigenvalue weighted by Gasteiger charge is -2.01. The summed E-state index contributed by atoms with van der Waals surface area (Å²) in [5, 5.41) is 11.2. The van der Waals surface area contributed by atoms with Crippen LogP contribution in [0.25, 0.3) is 0 Å². The van der Waals surface area contributed by atoms with Crippen molar-refractivity contribution >= 4 is 11.9 Å². The molecule has 1 rings (SSSR count). The van der Waals surface area contributed by atoms with Gasteiger partial charge in [-0.25, -0.2) is 0 Å². The van der Waals surface area contributed by atoms with Gasteiger partial charge in [-0.05, 0) is 12.8 Å². The van der Waals surface area contributed by atoms with Crippen LogP contribution in [0.1, 0.15) is 19.3 Å². The summed E-state index contributed by atoms with van der Waals surface area (Å²) in [7, 11) is 0. The van der Waals surface area contributed by atoms with E-state index in [-0.39, 0.29) is 11.8 Å². The van der Waals surface area contributed by atoms with E-state index in [2.05, 4.69) is 11.2 Å². The molecule has 0 saturated heterocycles. The molecule has 1 amide bonds. The van der Waals surface area contributed by atoms with Gasteiger partial charge < -0.3 is 10.4 Å². The van der Waals surface area contributed by atoms with Crippen molar-refractivity contribution in [1.82, 2.24) is 5.32 Å². The van der Waals surface area contributed by atoms with Crippen LogP contribution in [0.5, 0.6) is 0 Å². The number of carboxylic acid groups (broad SMARTS) is 1. The first-order valence-electron chi connectivity index (χ1n) is 4.60. The smallest absolute Gasteiger partial charge is 0.307 e. The van der Waals surface area contributed by atoms with Crippen molar-refractivity contribution in [3.63, 3.8) is 0 Å². The molecule has 4 heteroatoms. The molecule has 2 atom stereocenters. The second-order valence-electron chi connectivity index (χ2n) is 3.39. The zero-order valence-electron chi connectivity index (χ0n) is 7.82. The Kier molecular flexibility index (Phi) is 3.52. The number of carbonyl (C=O) groups excluding carboxylic acids is 1. The molecule has 76 valence electrons. The third kappa shape index (κ3) is 2.77. The van der Waals surface area contributed by atoms with E-state index in [1.54, 1.807) is 0 Å². The summed E-state index contributed by atoms with van der Waals surface area (Å²) in [4.78, 5) is 21.7. The van der Waals surface area contributed by atoms with Crippen molar-refractivity contribution < 1.29 is 14.7 Å². The fourth-order valence-electron chi connectivity index (χ4n) is 1.29. The fourth-order valence-corrected chi connectivity index (χ4v) is 1.29. The highest BCUT2D eigenvalue weighted by Crippen LogP contribution is 2.38. The van der Waals surface area contributed by atoms with Crippen molar-refractivity contribution in [3.05, 3.63) is 0 Å². The summed E-state index contributed by atoms with van der Waals surface area (Å²) in [5.74, 6) is 0.638. The molecule has 0 aliphatic heterocycles. The maximum absolute atomic E-state index is 11.3. The van der Waals surface area contributed by atoms with Gasteiger partial charge in [0.05, 0.1) is 11.8 Å². The number of rotatable bonds is 5. The first kappa shape index (κ1) is 10.6. The van der Waals surface area contributed by atoms with Gasteiger partial charge in [0.25, 0.3) is 0 Å². The Morgan fingerprint density at radius 3 is 2.71 bits per heavy atom. The molecule has 0 unspecified atom stereocenters. The second-order valence-corrected chi connectivity index (χ2v) is 3.39. The molecule has 4 nitrogen and oxygen atoms in total. The van der Waals surface area contributed by atoms with Crippen LogP contribution in [0, 0.1) is 24.2 Å². The first-order chi connectivity index (χ1) is 6.66. The predicted octanol–water partition coefficient (Wildman–Crippen LogP) is 0.237. The Bertz CT molecular complexity index is 280. The SMILES string of the molecule is C#CCCCNC(=O)[C@@H]1C[C@@H]1C(=O)O. The number of amides is 1. The van der Waals surface area contributed by atoms with Crippen LogP contribution in [-0.4, -0.2) is 23.5 Å². The average molecular weight is 195 g/mol. The van der Waals surface area contributed by atoms with Gasteiger partial charge in [-0.15, -0.1) is 12.3 Å². The van der Waals surface area contributed by atoms with Crippen molar-refractivity contribution in [2.45, 2.75) is 19.3 Å².